The minimum atomic E-state index is -0.985. The molecule has 1 amide bonds. The molecule has 1 heterocycles. The van der Waals surface area contributed by atoms with E-state index in [1.54, 1.807) is 23.8 Å². The Balaban J connectivity index is 1.48. The van der Waals surface area contributed by atoms with E-state index in [9.17, 15) is 13.6 Å². The fraction of sp³-hybridized carbons (Fsp3) is 0.350. The summed E-state index contributed by atoms with van der Waals surface area (Å²) in [4.78, 5) is 15.4. The van der Waals surface area contributed by atoms with Gasteiger partial charge in [-0.25, -0.2) is 8.78 Å². The summed E-state index contributed by atoms with van der Waals surface area (Å²) in [6.07, 6.45) is 1.83. The Bertz CT molecular complexity index is 759. The summed E-state index contributed by atoms with van der Waals surface area (Å²) >= 11 is 1.81. The number of carbonyl (C=O) groups is 1. The highest BCUT2D eigenvalue weighted by Gasteiger charge is 2.24. The number of rotatable bonds is 5. The van der Waals surface area contributed by atoms with Crippen molar-refractivity contribution in [3.8, 4) is 5.75 Å². The van der Waals surface area contributed by atoms with E-state index in [4.69, 9.17) is 4.74 Å². The van der Waals surface area contributed by atoms with E-state index in [0.29, 0.717) is 19.0 Å². The Labute approximate surface area is 156 Å². The number of amides is 1. The molecule has 6 heteroatoms. The second-order valence-corrected chi connectivity index (χ2v) is 7.44. The highest BCUT2D eigenvalue weighted by molar-refractivity contribution is 7.99. The first-order valence-corrected chi connectivity index (χ1v) is 9.56. The van der Waals surface area contributed by atoms with Gasteiger partial charge >= 0.3 is 0 Å². The second kappa shape index (κ2) is 8.54. The number of likely N-dealkylation sites (tertiary alicyclic amines) is 1. The minimum Gasteiger partial charge on any atom is -0.497 e. The molecule has 0 N–H and O–H groups in total. The van der Waals surface area contributed by atoms with E-state index in [1.807, 2.05) is 24.3 Å². The highest BCUT2D eigenvalue weighted by Crippen LogP contribution is 2.28. The number of thioether (sulfide) groups is 1. The number of nitrogens with zero attached hydrogens (tertiary/aromatic N) is 1. The summed E-state index contributed by atoms with van der Waals surface area (Å²) < 4.78 is 31.5. The smallest absolute Gasteiger partial charge is 0.253 e. The lowest BCUT2D eigenvalue weighted by Crippen LogP contribution is -2.39. The van der Waals surface area contributed by atoms with Gasteiger partial charge in [0.2, 0.25) is 0 Å². The third-order valence-corrected chi connectivity index (χ3v) is 5.86. The zero-order valence-electron chi connectivity index (χ0n) is 14.6. The van der Waals surface area contributed by atoms with Crippen LogP contribution in [0.3, 0.4) is 0 Å². The van der Waals surface area contributed by atoms with Crippen LogP contribution in [-0.4, -0.2) is 36.8 Å². The van der Waals surface area contributed by atoms with Gasteiger partial charge in [-0.3, -0.25) is 4.79 Å². The first-order chi connectivity index (χ1) is 12.6. The van der Waals surface area contributed by atoms with Gasteiger partial charge in [-0.1, -0.05) is 0 Å². The Morgan fingerprint density at radius 2 is 1.81 bits per heavy atom. The van der Waals surface area contributed by atoms with Crippen molar-refractivity contribution in [3.05, 3.63) is 59.7 Å². The SMILES string of the molecule is COc1ccc(SCC2CCN(C(=O)c3ccc(F)c(F)c3)CC2)cc1. The normalized spacial score (nSPS) is 15.1. The molecule has 138 valence electrons. The van der Waals surface area contributed by atoms with Crippen molar-refractivity contribution in [1.82, 2.24) is 4.90 Å². The molecule has 2 aromatic carbocycles. The summed E-state index contributed by atoms with van der Waals surface area (Å²) in [7, 11) is 1.65. The molecule has 0 bridgehead atoms. The van der Waals surface area contributed by atoms with Gasteiger partial charge in [0.25, 0.3) is 5.91 Å². The van der Waals surface area contributed by atoms with Crippen LogP contribution < -0.4 is 4.74 Å². The number of carbonyl (C=O) groups excluding carboxylic acids is 1. The maximum atomic E-state index is 13.3. The Kier molecular flexibility index (Phi) is 6.14. The van der Waals surface area contributed by atoms with Crippen LogP contribution in [0.1, 0.15) is 23.2 Å². The van der Waals surface area contributed by atoms with Crippen LogP contribution in [0.15, 0.2) is 47.4 Å². The van der Waals surface area contributed by atoms with Gasteiger partial charge in [0.1, 0.15) is 5.75 Å². The van der Waals surface area contributed by atoms with Gasteiger partial charge in [-0.15, -0.1) is 11.8 Å². The topological polar surface area (TPSA) is 29.5 Å². The quantitative estimate of drug-likeness (QED) is 0.712. The maximum absolute atomic E-state index is 13.3. The molecule has 0 aliphatic carbocycles. The van der Waals surface area contributed by atoms with E-state index in [-0.39, 0.29) is 11.5 Å². The highest BCUT2D eigenvalue weighted by atomic mass is 32.2. The molecule has 1 fully saturated rings. The molecule has 26 heavy (non-hydrogen) atoms. The molecular weight excluding hydrogens is 356 g/mol. The van der Waals surface area contributed by atoms with Crippen LogP contribution in [0.5, 0.6) is 5.75 Å². The largest absolute Gasteiger partial charge is 0.497 e. The molecular formula is C20H21F2NO2S. The van der Waals surface area contributed by atoms with E-state index < -0.39 is 11.6 Å². The molecule has 0 aromatic heterocycles. The minimum absolute atomic E-state index is 0.204. The maximum Gasteiger partial charge on any atom is 0.253 e. The van der Waals surface area contributed by atoms with Crippen LogP contribution in [0.25, 0.3) is 0 Å². The molecule has 1 aliphatic rings. The predicted octanol–water partition coefficient (Wildman–Crippen LogP) is 4.62. The summed E-state index contributed by atoms with van der Waals surface area (Å²) in [6.45, 7) is 1.29. The average molecular weight is 377 g/mol. The summed E-state index contributed by atoms with van der Waals surface area (Å²) in [5, 5.41) is 0. The zero-order chi connectivity index (χ0) is 18.5. The number of halogens is 2. The molecule has 0 radical (unpaired) electrons. The van der Waals surface area contributed by atoms with Crippen LogP contribution in [0, 0.1) is 17.6 Å². The molecule has 2 aromatic rings. The van der Waals surface area contributed by atoms with Crippen LogP contribution in [0.2, 0.25) is 0 Å². The number of ether oxygens (including phenoxy) is 1. The van der Waals surface area contributed by atoms with E-state index in [0.717, 1.165) is 36.5 Å². The van der Waals surface area contributed by atoms with Crippen molar-refractivity contribution < 1.29 is 18.3 Å². The van der Waals surface area contributed by atoms with Crippen molar-refractivity contribution in [2.75, 3.05) is 26.0 Å². The molecule has 3 nitrogen and oxygen atoms in total. The number of benzene rings is 2. The van der Waals surface area contributed by atoms with Crippen LogP contribution >= 0.6 is 11.8 Å². The first kappa shape index (κ1) is 18.7. The van der Waals surface area contributed by atoms with Gasteiger partial charge in [0.15, 0.2) is 11.6 Å². The summed E-state index contributed by atoms with van der Waals surface area (Å²) in [5.74, 6) is 0.233. The van der Waals surface area contributed by atoms with E-state index >= 15 is 0 Å². The molecule has 1 saturated heterocycles. The third-order valence-electron chi connectivity index (χ3n) is 4.61. The standard InChI is InChI=1S/C20H21F2NO2S/c1-25-16-3-5-17(6-4-16)26-13-14-8-10-23(11-9-14)20(24)15-2-7-18(21)19(22)12-15/h2-7,12,14H,8-11,13H2,1H3. The average Bonchev–Trinajstić information content (AvgIpc) is 2.69. The summed E-state index contributed by atoms with van der Waals surface area (Å²) in [5.41, 5.74) is 0.204. The number of methoxy groups -OCH3 is 1. The molecule has 1 aliphatic heterocycles. The fourth-order valence-corrected chi connectivity index (χ4v) is 4.09. The van der Waals surface area contributed by atoms with Crippen molar-refractivity contribution >= 4 is 17.7 Å². The first-order valence-electron chi connectivity index (χ1n) is 8.58. The zero-order valence-corrected chi connectivity index (χ0v) is 15.4. The number of piperidine rings is 1. The molecule has 0 unspecified atom stereocenters. The predicted molar refractivity (Wildman–Crippen MR) is 98.7 cm³/mol. The lowest BCUT2D eigenvalue weighted by atomic mass is 9.98. The Hall–Kier alpha value is -2.08. The van der Waals surface area contributed by atoms with Crippen molar-refractivity contribution in [1.29, 1.82) is 0 Å². The Morgan fingerprint density at radius 3 is 2.42 bits per heavy atom. The van der Waals surface area contributed by atoms with Crippen molar-refractivity contribution in [2.24, 2.45) is 5.92 Å². The fourth-order valence-electron chi connectivity index (χ4n) is 3.00. The van der Waals surface area contributed by atoms with E-state index in [1.165, 1.54) is 11.0 Å². The van der Waals surface area contributed by atoms with Crippen LogP contribution in [-0.2, 0) is 0 Å². The van der Waals surface area contributed by atoms with Crippen molar-refractivity contribution in [2.45, 2.75) is 17.7 Å². The molecule has 0 spiro atoms. The van der Waals surface area contributed by atoms with Gasteiger partial charge < -0.3 is 9.64 Å². The van der Waals surface area contributed by atoms with Gasteiger partial charge in [-0.2, -0.15) is 0 Å². The summed E-state index contributed by atoms with van der Waals surface area (Å²) in [6, 6.07) is 11.3. The lowest BCUT2D eigenvalue weighted by molar-refractivity contribution is 0.0698. The van der Waals surface area contributed by atoms with Gasteiger partial charge in [0, 0.05) is 29.3 Å². The third kappa shape index (κ3) is 4.55. The lowest BCUT2D eigenvalue weighted by Gasteiger charge is -2.32. The van der Waals surface area contributed by atoms with Crippen molar-refractivity contribution in [3.63, 3.8) is 0 Å². The van der Waals surface area contributed by atoms with Gasteiger partial charge in [-0.05, 0) is 61.2 Å². The number of hydrogen-bond donors (Lipinski definition) is 0. The monoisotopic (exact) mass is 377 g/mol. The molecule has 0 atom stereocenters. The van der Waals surface area contributed by atoms with Gasteiger partial charge in [0.05, 0.1) is 7.11 Å². The molecule has 3 rings (SSSR count). The number of hydrogen-bond acceptors (Lipinski definition) is 3. The Morgan fingerprint density at radius 1 is 1.12 bits per heavy atom. The van der Waals surface area contributed by atoms with E-state index in [2.05, 4.69) is 0 Å². The molecule has 0 saturated carbocycles. The van der Waals surface area contributed by atoms with Crippen LogP contribution in [0.4, 0.5) is 8.78 Å². The second-order valence-electron chi connectivity index (χ2n) is 6.35.